The second kappa shape index (κ2) is 9.02. The van der Waals surface area contributed by atoms with Crippen molar-refractivity contribution in [2.75, 3.05) is 26.9 Å². The molecule has 6 nitrogen and oxygen atoms in total. The zero-order valence-electron chi connectivity index (χ0n) is 11.2. The van der Waals surface area contributed by atoms with Crippen molar-refractivity contribution >= 4 is 0 Å². The van der Waals surface area contributed by atoms with Crippen LogP contribution in [0.25, 0.3) is 0 Å². The topological polar surface area (TPSA) is 83.4 Å². The molecule has 0 spiro atoms. The first-order valence-electron chi connectivity index (χ1n) is 6.40. The molecule has 0 aromatic carbocycles. The molecule has 104 valence electrons. The minimum Gasteiger partial charge on any atom is -0.382 e. The Hall–Kier alpha value is -0.980. The summed E-state index contributed by atoms with van der Waals surface area (Å²) in [5, 5.41) is 3.89. The van der Waals surface area contributed by atoms with Gasteiger partial charge >= 0.3 is 0 Å². The molecule has 1 atom stereocenters. The van der Waals surface area contributed by atoms with Crippen molar-refractivity contribution in [3.05, 3.63) is 11.7 Å². The van der Waals surface area contributed by atoms with Gasteiger partial charge in [0.2, 0.25) is 5.89 Å². The maximum absolute atomic E-state index is 5.91. The summed E-state index contributed by atoms with van der Waals surface area (Å²) in [5.41, 5.74) is 5.91. The van der Waals surface area contributed by atoms with Crippen molar-refractivity contribution in [2.24, 2.45) is 5.73 Å². The molecule has 18 heavy (non-hydrogen) atoms. The first kappa shape index (κ1) is 15.1. The fourth-order valence-electron chi connectivity index (χ4n) is 1.58. The molecule has 0 aliphatic heterocycles. The van der Waals surface area contributed by atoms with Crippen LogP contribution in [-0.4, -0.2) is 43.1 Å². The number of aromatic nitrogens is 2. The van der Waals surface area contributed by atoms with Crippen molar-refractivity contribution < 1.29 is 14.0 Å². The van der Waals surface area contributed by atoms with Crippen molar-refractivity contribution in [1.82, 2.24) is 10.1 Å². The molecular weight excluding hydrogens is 234 g/mol. The van der Waals surface area contributed by atoms with Crippen molar-refractivity contribution in [3.8, 4) is 0 Å². The predicted octanol–water partition coefficient (Wildman–Crippen LogP) is 0.945. The zero-order chi connectivity index (χ0) is 13.2. The van der Waals surface area contributed by atoms with Crippen LogP contribution in [0.1, 0.15) is 31.5 Å². The average Bonchev–Trinajstić information content (AvgIpc) is 2.77. The third-order valence-electron chi connectivity index (χ3n) is 2.51. The van der Waals surface area contributed by atoms with Crippen LogP contribution in [0.5, 0.6) is 0 Å². The predicted molar refractivity (Wildman–Crippen MR) is 67.3 cm³/mol. The Kier molecular flexibility index (Phi) is 7.55. The molecule has 1 heterocycles. The van der Waals surface area contributed by atoms with Gasteiger partial charge in [0.25, 0.3) is 0 Å². The minimum atomic E-state index is 0.0984. The summed E-state index contributed by atoms with van der Waals surface area (Å²) in [6, 6.07) is 0.0984. The Morgan fingerprint density at radius 3 is 2.89 bits per heavy atom. The SMILES string of the molecule is CCCC(N)Cc1nc(CCOCCOC)no1. The number of ether oxygens (including phenoxy) is 2. The summed E-state index contributed by atoms with van der Waals surface area (Å²) in [5.74, 6) is 1.29. The number of nitrogens with zero attached hydrogens (tertiary/aromatic N) is 2. The molecule has 0 amide bonds. The monoisotopic (exact) mass is 257 g/mol. The molecule has 0 saturated heterocycles. The van der Waals surface area contributed by atoms with Gasteiger partial charge in [-0.05, 0) is 6.42 Å². The smallest absolute Gasteiger partial charge is 0.228 e. The Labute approximate surface area is 108 Å². The quantitative estimate of drug-likeness (QED) is 0.628. The lowest BCUT2D eigenvalue weighted by Crippen LogP contribution is -2.22. The summed E-state index contributed by atoms with van der Waals surface area (Å²) < 4.78 is 15.4. The van der Waals surface area contributed by atoms with Gasteiger partial charge in [-0.3, -0.25) is 0 Å². The highest BCUT2D eigenvalue weighted by molar-refractivity contribution is 4.89. The maximum atomic E-state index is 5.91. The highest BCUT2D eigenvalue weighted by atomic mass is 16.5. The fraction of sp³-hybridized carbons (Fsp3) is 0.833. The summed E-state index contributed by atoms with van der Waals surface area (Å²) >= 11 is 0. The van der Waals surface area contributed by atoms with E-state index in [0.717, 1.165) is 12.8 Å². The van der Waals surface area contributed by atoms with E-state index < -0.39 is 0 Å². The second-order valence-corrected chi connectivity index (χ2v) is 4.21. The van der Waals surface area contributed by atoms with Gasteiger partial charge in [-0.15, -0.1) is 0 Å². The van der Waals surface area contributed by atoms with E-state index in [1.54, 1.807) is 7.11 Å². The van der Waals surface area contributed by atoms with Gasteiger partial charge in [-0.1, -0.05) is 18.5 Å². The Morgan fingerprint density at radius 1 is 1.33 bits per heavy atom. The lowest BCUT2D eigenvalue weighted by molar-refractivity contribution is 0.0714. The molecule has 0 aliphatic rings. The molecule has 0 bridgehead atoms. The van der Waals surface area contributed by atoms with Crippen LogP contribution in [0, 0.1) is 0 Å². The van der Waals surface area contributed by atoms with E-state index in [4.69, 9.17) is 19.7 Å². The molecular formula is C12H23N3O3. The number of methoxy groups -OCH3 is 1. The summed E-state index contributed by atoms with van der Waals surface area (Å²) in [4.78, 5) is 4.28. The molecule has 2 N–H and O–H groups in total. The minimum absolute atomic E-state index is 0.0984. The summed E-state index contributed by atoms with van der Waals surface area (Å²) in [6.07, 6.45) is 3.33. The molecule has 1 aromatic heterocycles. The highest BCUT2D eigenvalue weighted by Crippen LogP contribution is 2.04. The van der Waals surface area contributed by atoms with Gasteiger partial charge in [0.05, 0.1) is 19.8 Å². The first-order chi connectivity index (χ1) is 8.76. The van der Waals surface area contributed by atoms with Crippen LogP contribution >= 0.6 is 0 Å². The standard InChI is InChI=1S/C12H23N3O3/c1-3-4-10(13)9-12-14-11(15-18-12)5-6-17-8-7-16-2/h10H,3-9,13H2,1-2H3. The third-order valence-corrected chi connectivity index (χ3v) is 2.51. The van der Waals surface area contributed by atoms with Crippen LogP contribution in [0.2, 0.25) is 0 Å². The Balaban J connectivity index is 2.21. The van der Waals surface area contributed by atoms with Gasteiger partial charge in [-0.25, -0.2) is 0 Å². The van der Waals surface area contributed by atoms with Gasteiger partial charge < -0.3 is 19.7 Å². The van der Waals surface area contributed by atoms with E-state index in [0.29, 0.717) is 44.4 Å². The zero-order valence-corrected chi connectivity index (χ0v) is 11.2. The molecule has 1 rings (SSSR count). The lowest BCUT2D eigenvalue weighted by Gasteiger charge is -2.05. The number of hydrogen-bond donors (Lipinski definition) is 1. The van der Waals surface area contributed by atoms with Gasteiger partial charge in [-0.2, -0.15) is 4.98 Å². The number of nitrogens with two attached hydrogens (primary N) is 1. The van der Waals surface area contributed by atoms with Gasteiger partial charge in [0, 0.05) is 26.0 Å². The molecule has 1 unspecified atom stereocenters. The molecule has 0 fully saturated rings. The normalized spacial score (nSPS) is 12.8. The lowest BCUT2D eigenvalue weighted by atomic mass is 10.1. The summed E-state index contributed by atoms with van der Waals surface area (Å²) in [7, 11) is 1.65. The Morgan fingerprint density at radius 2 is 2.17 bits per heavy atom. The van der Waals surface area contributed by atoms with Crippen molar-refractivity contribution in [2.45, 2.75) is 38.6 Å². The van der Waals surface area contributed by atoms with E-state index >= 15 is 0 Å². The largest absolute Gasteiger partial charge is 0.382 e. The van der Waals surface area contributed by atoms with Gasteiger partial charge in [0.15, 0.2) is 5.82 Å². The molecule has 0 radical (unpaired) electrons. The number of hydrogen-bond acceptors (Lipinski definition) is 6. The van der Waals surface area contributed by atoms with Crippen LogP contribution < -0.4 is 5.73 Å². The fourth-order valence-corrected chi connectivity index (χ4v) is 1.58. The molecule has 6 heteroatoms. The molecule has 0 saturated carbocycles. The second-order valence-electron chi connectivity index (χ2n) is 4.21. The van der Waals surface area contributed by atoms with E-state index in [1.807, 2.05) is 0 Å². The average molecular weight is 257 g/mol. The van der Waals surface area contributed by atoms with Crippen LogP contribution in [0.3, 0.4) is 0 Å². The first-order valence-corrected chi connectivity index (χ1v) is 6.40. The van der Waals surface area contributed by atoms with E-state index in [2.05, 4.69) is 17.1 Å². The van der Waals surface area contributed by atoms with Gasteiger partial charge in [0.1, 0.15) is 0 Å². The Bertz CT molecular complexity index is 317. The highest BCUT2D eigenvalue weighted by Gasteiger charge is 2.10. The molecule has 0 aliphatic carbocycles. The van der Waals surface area contributed by atoms with E-state index in [1.165, 1.54) is 0 Å². The van der Waals surface area contributed by atoms with Crippen LogP contribution in [0.15, 0.2) is 4.52 Å². The van der Waals surface area contributed by atoms with E-state index in [-0.39, 0.29) is 6.04 Å². The molecule has 1 aromatic rings. The van der Waals surface area contributed by atoms with Crippen LogP contribution in [0.4, 0.5) is 0 Å². The van der Waals surface area contributed by atoms with Crippen LogP contribution in [-0.2, 0) is 22.3 Å². The third kappa shape index (κ3) is 6.09. The maximum Gasteiger partial charge on any atom is 0.228 e. The van der Waals surface area contributed by atoms with Crippen molar-refractivity contribution in [3.63, 3.8) is 0 Å². The van der Waals surface area contributed by atoms with E-state index in [9.17, 15) is 0 Å². The van der Waals surface area contributed by atoms with Crippen molar-refractivity contribution in [1.29, 1.82) is 0 Å². The number of rotatable bonds is 10. The summed E-state index contributed by atoms with van der Waals surface area (Å²) in [6.45, 7) is 3.87.